The van der Waals surface area contributed by atoms with Gasteiger partial charge in [0, 0.05) is 37.9 Å². The lowest BCUT2D eigenvalue weighted by Gasteiger charge is -2.32. The number of halogens is 2. The lowest BCUT2D eigenvalue weighted by atomic mass is 9.98. The number of piperidine rings is 1. The summed E-state index contributed by atoms with van der Waals surface area (Å²) in [6.07, 6.45) is 1.37. The van der Waals surface area contributed by atoms with Crippen molar-refractivity contribution in [1.29, 1.82) is 0 Å². The summed E-state index contributed by atoms with van der Waals surface area (Å²) < 4.78 is 31.6. The van der Waals surface area contributed by atoms with E-state index in [2.05, 4.69) is 0 Å². The van der Waals surface area contributed by atoms with Crippen LogP contribution in [0.4, 0.5) is 19.3 Å². The number of ether oxygens (including phenoxy) is 1. The minimum atomic E-state index is -1.03. The molecule has 2 heterocycles. The monoisotopic (exact) mass is 395 g/mol. The number of likely N-dealkylation sites (tertiary alicyclic amines) is 1. The molecular formula is C19H23F2N3O4. The van der Waals surface area contributed by atoms with Crippen molar-refractivity contribution in [2.75, 3.05) is 44.2 Å². The number of nitrogens with zero attached hydrogens (tertiary/aromatic N) is 3. The van der Waals surface area contributed by atoms with Crippen LogP contribution in [0.25, 0.3) is 0 Å². The largest absolute Gasteiger partial charge is 0.466 e. The van der Waals surface area contributed by atoms with Crippen LogP contribution in [0, 0.1) is 17.6 Å². The van der Waals surface area contributed by atoms with Crippen molar-refractivity contribution in [3.05, 3.63) is 29.8 Å². The number of benzene rings is 1. The molecule has 7 nitrogen and oxygen atoms in total. The van der Waals surface area contributed by atoms with Gasteiger partial charge in [0.1, 0.15) is 6.54 Å². The number of urea groups is 1. The number of carbonyl (C=O) groups is 3. The lowest BCUT2D eigenvalue weighted by Crippen LogP contribution is -2.47. The molecule has 3 amide bonds. The van der Waals surface area contributed by atoms with Gasteiger partial charge in [-0.05, 0) is 31.9 Å². The molecule has 2 saturated heterocycles. The van der Waals surface area contributed by atoms with Crippen molar-refractivity contribution in [2.24, 2.45) is 5.92 Å². The van der Waals surface area contributed by atoms with Gasteiger partial charge in [-0.3, -0.25) is 14.5 Å². The summed E-state index contributed by atoms with van der Waals surface area (Å²) in [5, 5.41) is 0. The van der Waals surface area contributed by atoms with Gasteiger partial charge in [0.15, 0.2) is 11.6 Å². The first-order chi connectivity index (χ1) is 13.4. The Labute approximate surface area is 161 Å². The van der Waals surface area contributed by atoms with Crippen molar-refractivity contribution >= 4 is 23.6 Å². The fraction of sp³-hybridized carbons (Fsp3) is 0.526. The van der Waals surface area contributed by atoms with E-state index in [-0.39, 0.29) is 43.1 Å². The maximum atomic E-state index is 13.4. The SMILES string of the molecule is CCOC(=O)[C@H]1CCCN(C(=O)CN2CCN(c3ccc(F)c(F)c3)C2=O)C1. The Hall–Kier alpha value is -2.71. The Morgan fingerprint density at radius 1 is 1.18 bits per heavy atom. The van der Waals surface area contributed by atoms with Crippen LogP contribution in [0.15, 0.2) is 18.2 Å². The van der Waals surface area contributed by atoms with E-state index in [1.807, 2.05) is 0 Å². The summed E-state index contributed by atoms with van der Waals surface area (Å²) in [6.45, 7) is 3.32. The van der Waals surface area contributed by atoms with Gasteiger partial charge < -0.3 is 14.5 Å². The van der Waals surface area contributed by atoms with E-state index in [4.69, 9.17) is 4.74 Å². The van der Waals surface area contributed by atoms with Gasteiger partial charge in [-0.25, -0.2) is 13.6 Å². The Kier molecular flexibility index (Phi) is 6.11. The minimum Gasteiger partial charge on any atom is -0.466 e. The van der Waals surface area contributed by atoms with Crippen molar-refractivity contribution in [1.82, 2.24) is 9.80 Å². The van der Waals surface area contributed by atoms with E-state index >= 15 is 0 Å². The second-order valence-corrected chi connectivity index (χ2v) is 6.89. The van der Waals surface area contributed by atoms with E-state index in [0.717, 1.165) is 12.1 Å². The molecule has 3 rings (SSSR count). The highest BCUT2D eigenvalue weighted by Crippen LogP contribution is 2.23. The molecule has 0 aliphatic carbocycles. The van der Waals surface area contributed by atoms with E-state index in [0.29, 0.717) is 32.5 Å². The van der Waals surface area contributed by atoms with Crippen LogP contribution in [0.3, 0.4) is 0 Å². The predicted molar refractivity (Wildman–Crippen MR) is 96.6 cm³/mol. The molecule has 152 valence electrons. The van der Waals surface area contributed by atoms with Gasteiger partial charge in [-0.15, -0.1) is 0 Å². The first-order valence-corrected chi connectivity index (χ1v) is 9.36. The zero-order valence-electron chi connectivity index (χ0n) is 15.7. The third-order valence-corrected chi connectivity index (χ3v) is 5.03. The van der Waals surface area contributed by atoms with Crippen molar-refractivity contribution < 1.29 is 27.9 Å². The average molecular weight is 395 g/mol. The fourth-order valence-corrected chi connectivity index (χ4v) is 3.54. The number of hydrogen-bond acceptors (Lipinski definition) is 4. The highest BCUT2D eigenvalue weighted by Gasteiger charge is 2.34. The Morgan fingerprint density at radius 2 is 1.96 bits per heavy atom. The van der Waals surface area contributed by atoms with Crippen LogP contribution in [0.2, 0.25) is 0 Å². The molecule has 0 aromatic heterocycles. The summed E-state index contributed by atoms with van der Waals surface area (Å²) >= 11 is 0. The van der Waals surface area contributed by atoms with Gasteiger partial charge in [-0.2, -0.15) is 0 Å². The van der Waals surface area contributed by atoms with Crippen LogP contribution in [-0.4, -0.2) is 67.0 Å². The number of rotatable bonds is 5. The number of hydrogen-bond donors (Lipinski definition) is 0. The quantitative estimate of drug-likeness (QED) is 0.716. The standard InChI is InChI=1S/C19H23F2N3O4/c1-2-28-18(26)13-4-3-7-22(11-13)17(25)12-23-8-9-24(19(23)27)14-5-6-15(20)16(21)10-14/h5-6,10,13H,2-4,7-9,11-12H2,1H3/t13-/m0/s1. The Morgan fingerprint density at radius 3 is 2.68 bits per heavy atom. The van der Waals surface area contributed by atoms with Crippen molar-refractivity contribution in [2.45, 2.75) is 19.8 Å². The second kappa shape index (κ2) is 8.53. The molecular weight excluding hydrogens is 372 g/mol. The summed E-state index contributed by atoms with van der Waals surface area (Å²) in [7, 11) is 0. The summed E-state index contributed by atoms with van der Waals surface area (Å²) in [5.74, 6) is -2.90. The third-order valence-electron chi connectivity index (χ3n) is 5.03. The van der Waals surface area contributed by atoms with Gasteiger partial charge in [0.2, 0.25) is 5.91 Å². The average Bonchev–Trinajstić information content (AvgIpc) is 3.04. The Bertz CT molecular complexity index is 774. The number of anilines is 1. The molecule has 9 heteroatoms. The molecule has 0 unspecified atom stereocenters. The molecule has 28 heavy (non-hydrogen) atoms. The molecule has 1 aromatic carbocycles. The molecule has 0 spiro atoms. The molecule has 0 bridgehead atoms. The normalized spacial score (nSPS) is 19.9. The molecule has 0 radical (unpaired) electrons. The van der Waals surface area contributed by atoms with E-state index in [1.165, 1.54) is 15.9 Å². The molecule has 0 N–H and O–H groups in total. The van der Waals surface area contributed by atoms with E-state index in [9.17, 15) is 23.2 Å². The molecule has 2 fully saturated rings. The van der Waals surface area contributed by atoms with Gasteiger partial charge in [-0.1, -0.05) is 0 Å². The molecule has 2 aliphatic heterocycles. The van der Waals surface area contributed by atoms with Crippen LogP contribution < -0.4 is 4.90 Å². The van der Waals surface area contributed by atoms with Crippen molar-refractivity contribution in [3.63, 3.8) is 0 Å². The maximum absolute atomic E-state index is 13.4. The second-order valence-electron chi connectivity index (χ2n) is 6.89. The highest BCUT2D eigenvalue weighted by atomic mass is 19.2. The topological polar surface area (TPSA) is 70.2 Å². The van der Waals surface area contributed by atoms with Crippen LogP contribution in [-0.2, 0) is 14.3 Å². The van der Waals surface area contributed by atoms with Crippen LogP contribution >= 0.6 is 0 Å². The van der Waals surface area contributed by atoms with Gasteiger partial charge in [0.25, 0.3) is 0 Å². The summed E-state index contributed by atoms with van der Waals surface area (Å²) in [6, 6.07) is 2.83. The van der Waals surface area contributed by atoms with E-state index in [1.54, 1.807) is 11.8 Å². The number of esters is 1. The molecule has 1 aromatic rings. The van der Waals surface area contributed by atoms with Crippen LogP contribution in [0.1, 0.15) is 19.8 Å². The molecule has 2 aliphatic rings. The minimum absolute atomic E-state index is 0.117. The smallest absolute Gasteiger partial charge is 0.325 e. The maximum Gasteiger partial charge on any atom is 0.325 e. The van der Waals surface area contributed by atoms with Gasteiger partial charge >= 0.3 is 12.0 Å². The molecule has 1 atom stereocenters. The summed E-state index contributed by atoms with van der Waals surface area (Å²) in [5.41, 5.74) is 0.249. The van der Waals surface area contributed by atoms with Crippen LogP contribution in [0.5, 0.6) is 0 Å². The van der Waals surface area contributed by atoms with Crippen molar-refractivity contribution in [3.8, 4) is 0 Å². The lowest BCUT2D eigenvalue weighted by molar-refractivity contribution is -0.151. The zero-order chi connectivity index (χ0) is 20.3. The summed E-state index contributed by atoms with van der Waals surface area (Å²) in [4.78, 5) is 41.4. The zero-order valence-corrected chi connectivity index (χ0v) is 15.7. The fourth-order valence-electron chi connectivity index (χ4n) is 3.54. The molecule has 0 saturated carbocycles. The third kappa shape index (κ3) is 4.23. The van der Waals surface area contributed by atoms with E-state index < -0.39 is 17.7 Å². The number of carbonyl (C=O) groups excluding carboxylic acids is 3. The first-order valence-electron chi connectivity index (χ1n) is 9.36. The van der Waals surface area contributed by atoms with Gasteiger partial charge in [0.05, 0.1) is 12.5 Å². The highest BCUT2D eigenvalue weighted by molar-refractivity contribution is 5.96. The first kappa shape index (κ1) is 20.0. The predicted octanol–water partition coefficient (Wildman–Crippen LogP) is 2.01. The number of amides is 3. The Balaban J connectivity index is 1.59.